The zero-order chi connectivity index (χ0) is 28.8. The Morgan fingerprint density at radius 1 is 1.02 bits per heavy atom. The molecule has 0 aliphatic heterocycles. The molecule has 40 heavy (non-hydrogen) atoms. The van der Waals surface area contributed by atoms with Crippen LogP contribution < -0.4 is 0 Å². The number of carboxylic acids is 1. The number of ketones is 1. The van der Waals surface area contributed by atoms with Gasteiger partial charge in [-0.25, -0.2) is 9.18 Å². The molecule has 3 aromatic carbocycles. The highest BCUT2D eigenvalue weighted by Crippen LogP contribution is 2.34. The predicted octanol–water partition coefficient (Wildman–Crippen LogP) is 6.37. The standard InChI is InChI=1S/C33H34FNO5/c1-4-22-13-15-25(16-14-22)32(37)29-26-11-6-12-27(34)31(26)35(30(29)21(2)3)17-7-10-23-8-5-9-24(18-23)20-40-28(19-36)33(38)39/h5-16,18,21,28,36H,4,17,19-20H2,1-3H3,(H,38,39)/b10-7+/t28-/m0/s1. The number of ether oxygens (including phenoxy) is 1. The van der Waals surface area contributed by atoms with E-state index in [9.17, 15) is 9.59 Å². The number of aromatic nitrogens is 1. The van der Waals surface area contributed by atoms with Crippen LogP contribution in [0.15, 0.2) is 72.8 Å². The van der Waals surface area contributed by atoms with Crippen molar-refractivity contribution in [1.29, 1.82) is 0 Å². The summed E-state index contributed by atoms with van der Waals surface area (Å²) in [5.41, 5.74) is 5.03. The minimum Gasteiger partial charge on any atom is -0.479 e. The average molecular weight is 544 g/mol. The highest BCUT2D eigenvalue weighted by molar-refractivity contribution is 6.17. The Kier molecular flexibility index (Phi) is 9.30. The van der Waals surface area contributed by atoms with Crippen molar-refractivity contribution >= 4 is 28.7 Å². The molecule has 0 spiro atoms. The van der Waals surface area contributed by atoms with E-state index < -0.39 is 18.7 Å². The summed E-state index contributed by atoms with van der Waals surface area (Å²) in [6, 6.07) is 19.8. The number of nitrogens with zero attached hydrogens (tertiary/aromatic N) is 1. The molecule has 1 heterocycles. The smallest absolute Gasteiger partial charge is 0.335 e. The maximum absolute atomic E-state index is 15.3. The second-order valence-electron chi connectivity index (χ2n) is 10.0. The molecule has 208 valence electrons. The summed E-state index contributed by atoms with van der Waals surface area (Å²) in [5.74, 6) is -1.77. The van der Waals surface area contributed by atoms with E-state index >= 15 is 4.39 Å². The van der Waals surface area contributed by atoms with Gasteiger partial charge in [0, 0.05) is 23.2 Å². The molecule has 0 fully saturated rings. The van der Waals surface area contributed by atoms with Crippen LogP contribution in [0.5, 0.6) is 0 Å². The lowest BCUT2D eigenvalue weighted by molar-refractivity contribution is -0.153. The molecular weight excluding hydrogens is 509 g/mol. The number of hydrogen-bond donors (Lipinski definition) is 2. The molecule has 0 bridgehead atoms. The van der Waals surface area contributed by atoms with Crippen LogP contribution in [-0.4, -0.2) is 39.2 Å². The van der Waals surface area contributed by atoms with Gasteiger partial charge >= 0.3 is 5.97 Å². The zero-order valence-electron chi connectivity index (χ0n) is 22.9. The predicted molar refractivity (Wildman–Crippen MR) is 154 cm³/mol. The third kappa shape index (κ3) is 6.22. The molecule has 2 N–H and O–H groups in total. The maximum atomic E-state index is 15.3. The Hall–Kier alpha value is -4.07. The maximum Gasteiger partial charge on any atom is 0.335 e. The van der Waals surface area contributed by atoms with Crippen LogP contribution in [0.3, 0.4) is 0 Å². The summed E-state index contributed by atoms with van der Waals surface area (Å²) in [6.07, 6.45) is 3.40. The van der Waals surface area contributed by atoms with Crippen LogP contribution in [-0.2, 0) is 29.1 Å². The third-order valence-electron chi connectivity index (χ3n) is 6.91. The monoisotopic (exact) mass is 543 g/mol. The Labute approximate surface area is 233 Å². The van der Waals surface area contributed by atoms with Crippen LogP contribution in [0, 0.1) is 5.82 Å². The number of benzene rings is 3. The summed E-state index contributed by atoms with van der Waals surface area (Å²) < 4.78 is 22.5. The fourth-order valence-corrected chi connectivity index (χ4v) is 4.93. The van der Waals surface area contributed by atoms with E-state index in [1.165, 1.54) is 6.07 Å². The largest absolute Gasteiger partial charge is 0.479 e. The van der Waals surface area contributed by atoms with E-state index in [0.717, 1.165) is 28.8 Å². The van der Waals surface area contributed by atoms with Crippen molar-refractivity contribution in [3.05, 3.63) is 112 Å². The van der Waals surface area contributed by atoms with Gasteiger partial charge in [0.2, 0.25) is 0 Å². The quantitative estimate of drug-likeness (QED) is 0.203. The number of aryl methyl sites for hydroxylation is 1. The van der Waals surface area contributed by atoms with Crippen molar-refractivity contribution in [1.82, 2.24) is 4.57 Å². The van der Waals surface area contributed by atoms with Crippen molar-refractivity contribution in [3.63, 3.8) is 0 Å². The molecule has 0 unspecified atom stereocenters. The van der Waals surface area contributed by atoms with Crippen LogP contribution in [0.4, 0.5) is 4.39 Å². The van der Waals surface area contributed by atoms with Crippen LogP contribution in [0.2, 0.25) is 0 Å². The molecule has 0 saturated carbocycles. The lowest BCUT2D eigenvalue weighted by atomic mass is 9.95. The van der Waals surface area contributed by atoms with Gasteiger partial charge in [-0.2, -0.15) is 0 Å². The third-order valence-corrected chi connectivity index (χ3v) is 6.91. The lowest BCUT2D eigenvalue weighted by Gasteiger charge is -2.14. The molecule has 4 rings (SSSR count). The van der Waals surface area contributed by atoms with E-state index in [1.807, 2.05) is 79.1 Å². The molecule has 0 saturated heterocycles. The van der Waals surface area contributed by atoms with Crippen molar-refractivity contribution in [2.45, 2.75) is 52.4 Å². The second-order valence-corrected chi connectivity index (χ2v) is 10.0. The first-order chi connectivity index (χ1) is 19.2. The number of fused-ring (bicyclic) bond motifs is 1. The minimum absolute atomic E-state index is 0.0366. The topological polar surface area (TPSA) is 88.8 Å². The molecule has 6 nitrogen and oxygen atoms in total. The molecule has 0 aliphatic carbocycles. The summed E-state index contributed by atoms with van der Waals surface area (Å²) in [6.45, 7) is 5.85. The molecule has 0 amide bonds. The van der Waals surface area contributed by atoms with E-state index in [2.05, 4.69) is 6.92 Å². The fraction of sp³-hybridized carbons (Fsp3) is 0.273. The number of hydrogen-bond acceptors (Lipinski definition) is 4. The average Bonchev–Trinajstić information content (AvgIpc) is 3.29. The van der Waals surface area contributed by atoms with Gasteiger partial charge in [-0.05, 0) is 41.2 Å². The van der Waals surface area contributed by atoms with Crippen LogP contribution in [0.1, 0.15) is 65.0 Å². The number of para-hydroxylation sites is 1. The van der Waals surface area contributed by atoms with Crippen molar-refractivity contribution in [2.75, 3.05) is 6.61 Å². The summed E-state index contributed by atoms with van der Waals surface area (Å²) in [7, 11) is 0. The van der Waals surface area contributed by atoms with Gasteiger partial charge in [-0.1, -0.05) is 87.5 Å². The van der Waals surface area contributed by atoms with Crippen LogP contribution >= 0.6 is 0 Å². The number of halogens is 1. The van der Waals surface area contributed by atoms with E-state index in [0.29, 0.717) is 28.6 Å². The normalized spacial score (nSPS) is 12.4. The Morgan fingerprint density at radius 3 is 2.40 bits per heavy atom. The molecule has 1 aromatic heterocycles. The molecule has 7 heteroatoms. The van der Waals surface area contributed by atoms with Gasteiger partial charge in [0.25, 0.3) is 0 Å². The number of aliphatic carboxylic acids is 1. The van der Waals surface area contributed by atoms with Gasteiger partial charge in [0.1, 0.15) is 5.82 Å². The van der Waals surface area contributed by atoms with E-state index in [4.69, 9.17) is 14.9 Å². The second kappa shape index (κ2) is 12.9. The van der Waals surface area contributed by atoms with Crippen molar-refractivity contribution in [2.24, 2.45) is 0 Å². The van der Waals surface area contributed by atoms with E-state index in [-0.39, 0.29) is 24.1 Å². The summed E-state index contributed by atoms with van der Waals surface area (Å²) in [4.78, 5) is 24.9. The van der Waals surface area contributed by atoms with Gasteiger partial charge in [-0.15, -0.1) is 0 Å². The van der Waals surface area contributed by atoms with E-state index in [1.54, 1.807) is 12.1 Å². The molecular formula is C33H34FNO5. The minimum atomic E-state index is -1.29. The van der Waals surface area contributed by atoms with Gasteiger partial charge < -0.3 is 19.5 Å². The Balaban J connectivity index is 1.67. The number of allylic oxidation sites excluding steroid dienone is 1. The molecule has 4 aromatic rings. The Morgan fingerprint density at radius 2 is 1.75 bits per heavy atom. The van der Waals surface area contributed by atoms with Gasteiger partial charge in [-0.3, -0.25) is 4.79 Å². The lowest BCUT2D eigenvalue weighted by Crippen LogP contribution is -2.27. The molecule has 0 aliphatic rings. The number of carbonyl (C=O) groups is 2. The SMILES string of the molecule is CCc1ccc(C(=O)c2c(C(C)C)n(C/C=C/c3cccc(CO[C@@H](CO)C(=O)O)c3)c3c(F)cccc23)cc1. The first kappa shape index (κ1) is 28.9. The number of rotatable bonds is 12. The molecule has 0 radical (unpaired) electrons. The summed E-state index contributed by atoms with van der Waals surface area (Å²) >= 11 is 0. The first-order valence-corrected chi connectivity index (χ1v) is 13.4. The summed E-state index contributed by atoms with van der Waals surface area (Å²) in [5, 5.41) is 18.8. The highest BCUT2D eigenvalue weighted by atomic mass is 19.1. The van der Waals surface area contributed by atoms with Crippen molar-refractivity contribution in [3.8, 4) is 0 Å². The fourth-order valence-electron chi connectivity index (χ4n) is 4.93. The number of aliphatic hydroxyl groups excluding tert-OH is 1. The van der Waals surface area contributed by atoms with Crippen LogP contribution in [0.25, 0.3) is 17.0 Å². The molecule has 1 atom stereocenters. The number of aliphatic hydroxyl groups is 1. The Bertz CT molecular complexity index is 1530. The number of carboxylic acid groups (broad SMARTS) is 1. The zero-order valence-corrected chi connectivity index (χ0v) is 22.9. The van der Waals surface area contributed by atoms with Crippen molar-refractivity contribution < 1.29 is 28.9 Å². The first-order valence-electron chi connectivity index (χ1n) is 13.4. The highest BCUT2D eigenvalue weighted by Gasteiger charge is 2.26. The number of carbonyl (C=O) groups excluding carboxylic acids is 1. The van der Waals surface area contributed by atoms with Gasteiger partial charge in [0.05, 0.1) is 24.3 Å². The van der Waals surface area contributed by atoms with Gasteiger partial charge in [0.15, 0.2) is 11.9 Å².